The first-order valence-electron chi connectivity index (χ1n) is 8.79. The van der Waals surface area contributed by atoms with Gasteiger partial charge in [-0.15, -0.1) is 11.3 Å². The molecule has 1 aromatic rings. The van der Waals surface area contributed by atoms with Crippen LogP contribution in [-0.4, -0.2) is 35.5 Å². The van der Waals surface area contributed by atoms with E-state index < -0.39 is 0 Å². The number of likely N-dealkylation sites (tertiary alicyclic amines) is 1. The van der Waals surface area contributed by atoms with Crippen LogP contribution in [-0.2, 0) is 11.2 Å². The van der Waals surface area contributed by atoms with Crippen molar-refractivity contribution < 1.29 is 4.79 Å². The molecule has 1 amide bonds. The summed E-state index contributed by atoms with van der Waals surface area (Å²) in [5.74, 6) is 0.290. The molecule has 122 valence electrons. The van der Waals surface area contributed by atoms with Crippen LogP contribution in [0.3, 0.4) is 0 Å². The van der Waals surface area contributed by atoms with Crippen molar-refractivity contribution in [1.82, 2.24) is 10.2 Å². The van der Waals surface area contributed by atoms with Gasteiger partial charge in [-0.1, -0.05) is 25.3 Å². The summed E-state index contributed by atoms with van der Waals surface area (Å²) in [7, 11) is 0. The molecule has 4 heteroatoms. The molecule has 1 N–H and O–H groups in total. The quantitative estimate of drug-likeness (QED) is 0.899. The van der Waals surface area contributed by atoms with E-state index in [0.29, 0.717) is 0 Å². The van der Waals surface area contributed by atoms with E-state index in [-0.39, 0.29) is 17.5 Å². The van der Waals surface area contributed by atoms with Gasteiger partial charge in [0.1, 0.15) is 5.54 Å². The van der Waals surface area contributed by atoms with Crippen LogP contribution in [0.5, 0.6) is 0 Å². The Morgan fingerprint density at radius 2 is 2.00 bits per heavy atom. The molecule has 1 aliphatic heterocycles. The van der Waals surface area contributed by atoms with Crippen molar-refractivity contribution in [2.45, 2.75) is 69.9 Å². The van der Waals surface area contributed by atoms with Gasteiger partial charge in [0, 0.05) is 17.3 Å². The summed E-state index contributed by atoms with van der Waals surface area (Å²) >= 11 is 1.78. The maximum Gasteiger partial charge on any atom is 0.240 e. The van der Waals surface area contributed by atoms with Crippen molar-refractivity contribution in [1.29, 1.82) is 0 Å². The van der Waals surface area contributed by atoms with Crippen LogP contribution in [0.15, 0.2) is 17.5 Å². The fourth-order valence-electron chi connectivity index (χ4n) is 4.11. The van der Waals surface area contributed by atoms with E-state index in [1.807, 2.05) is 0 Å². The molecule has 3 rings (SSSR count). The first kappa shape index (κ1) is 16.0. The number of amides is 1. The molecular weight excluding hydrogens is 292 g/mol. The summed E-state index contributed by atoms with van der Waals surface area (Å²) in [5, 5.41) is 5.44. The Hall–Kier alpha value is -0.870. The molecule has 1 saturated carbocycles. The molecule has 3 nitrogen and oxygen atoms in total. The molecular formula is C18H28N2OS. The highest BCUT2D eigenvalue weighted by molar-refractivity contribution is 7.09. The minimum atomic E-state index is -0.210. The molecule has 1 aliphatic carbocycles. The van der Waals surface area contributed by atoms with Crippen LogP contribution >= 0.6 is 11.3 Å². The minimum absolute atomic E-state index is 0.210. The Kier molecular flexibility index (Phi) is 5.19. The predicted octanol–water partition coefficient (Wildman–Crippen LogP) is 3.59. The SMILES string of the molecule is CC(Cc1cccs1)NC(=O)C1(N2CCCC2)CCCCC1. The van der Waals surface area contributed by atoms with E-state index in [2.05, 4.69) is 34.7 Å². The third kappa shape index (κ3) is 3.38. The molecule has 1 unspecified atom stereocenters. The van der Waals surface area contributed by atoms with Gasteiger partial charge < -0.3 is 5.32 Å². The molecule has 2 heterocycles. The molecule has 1 saturated heterocycles. The summed E-state index contributed by atoms with van der Waals surface area (Å²) in [6.07, 6.45) is 9.22. The molecule has 0 aromatic carbocycles. The maximum atomic E-state index is 13.1. The van der Waals surface area contributed by atoms with Gasteiger partial charge in [0.05, 0.1) is 0 Å². The highest BCUT2D eigenvalue weighted by atomic mass is 32.1. The Balaban J connectivity index is 1.66. The zero-order valence-corrected chi connectivity index (χ0v) is 14.5. The van der Waals surface area contributed by atoms with E-state index in [0.717, 1.165) is 32.4 Å². The molecule has 22 heavy (non-hydrogen) atoms. The van der Waals surface area contributed by atoms with Crippen molar-refractivity contribution in [3.8, 4) is 0 Å². The number of hydrogen-bond acceptors (Lipinski definition) is 3. The number of thiophene rings is 1. The normalized spacial score (nSPS) is 23.3. The fourth-order valence-corrected chi connectivity index (χ4v) is 4.94. The third-order valence-electron chi connectivity index (χ3n) is 5.28. The molecule has 2 fully saturated rings. The van der Waals surface area contributed by atoms with Gasteiger partial charge in [-0.05, 0) is 57.1 Å². The van der Waals surface area contributed by atoms with Crippen molar-refractivity contribution in [2.75, 3.05) is 13.1 Å². The monoisotopic (exact) mass is 320 g/mol. The fraction of sp³-hybridized carbons (Fsp3) is 0.722. The molecule has 1 atom stereocenters. The minimum Gasteiger partial charge on any atom is -0.352 e. The lowest BCUT2D eigenvalue weighted by atomic mass is 9.79. The summed E-state index contributed by atoms with van der Waals surface area (Å²) < 4.78 is 0. The van der Waals surface area contributed by atoms with E-state index in [9.17, 15) is 4.79 Å². The third-order valence-corrected chi connectivity index (χ3v) is 6.18. The largest absolute Gasteiger partial charge is 0.352 e. The topological polar surface area (TPSA) is 32.3 Å². The smallest absolute Gasteiger partial charge is 0.240 e. The highest BCUT2D eigenvalue weighted by Gasteiger charge is 2.45. The average Bonchev–Trinajstić information content (AvgIpc) is 3.21. The Morgan fingerprint density at radius 3 is 2.64 bits per heavy atom. The van der Waals surface area contributed by atoms with Crippen molar-refractivity contribution in [3.05, 3.63) is 22.4 Å². The van der Waals surface area contributed by atoms with Crippen LogP contribution in [0.25, 0.3) is 0 Å². The zero-order chi connectivity index (χ0) is 15.4. The lowest BCUT2D eigenvalue weighted by Crippen LogP contribution is -2.60. The Labute approximate surface area is 138 Å². The lowest BCUT2D eigenvalue weighted by molar-refractivity contribution is -0.136. The Morgan fingerprint density at radius 1 is 1.27 bits per heavy atom. The standard InChI is InChI=1S/C18H28N2OS/c1-15(14-16-8-7-13-22-16)19-17(21)18(9-3-2-4-10-18)20-11-5-6-12-20/h7-8,13,15H,2-6,9-12,14H2,1H3,(H,19,21). The lowest BCUT2D eigenvalue weighted by Gasteiger charge is -2.43. The van der Waals surface area contributed by atoms with Gasteiger partial charge in [0.15, 0.2) is 0 Å². The second-order valence-corrected chi connectivity index (χ2v) is 7.98. The molecule has 0 bridgehead atoms. The first-order valence-corrected chi connectivity index (χ1v) is 9.67. The van der Waals surface area contributed by atoms with Crippen molar-refractivity contribution in [3.63, 3.8) is 0 Å². The zero-order valence-electron chi connectivity index (χ0n) is 13.6. The van der Waals surface area contributed by atoms with Crippen LogP contribution in [0, 0.1) is 0 Å². The van der Waals surface area contributed by atoms with Gasteiger partial charge in [-0.3, -0.25) is 9.69 Å². The van der Waals surface area contributed by atoms with Gasteiger partial charge >= 0.3 is 0 Å². The highest BCUT2D eigenvalue weighted by Crippen LogP contribution is 2.36. The van der Waals surface area contributed by atoms with Crippen molar-refractivity contribution >= 4 is 17.2 Å². The first-order chi connectivity index (χ1) is 10.7. The van der Waals surface area contributed by atoms with Gasteiger partial charge in [0.2, 0.25) is 5.91 Å². The number of hydrogen-bond donors (Lipinski definition) is 1. The maximum absolute atomic E-state index is 13.1. The van der Waals surface area contributed by atoms with Gasteiger partial charge in [-0.2, -0.15) is 0 Å². The van der Waals surface area contributed by atoms with E-state index in [4.69, 9.17) is 0 Å². The van der Waals surface area contributed by atoms with Gasteiger partial charge in [-0.25, -0.2) is 0 Å². The van der Waals surface area contributed by atoms with Gasteiger partial charge in [0.25, 0.3) is 0 Å². The Bertz CT molecular complexity index is 473. The average molecular weight is 321 g/mol. The second-order valence-electron chi connectivity index (χ2n) is 6.94. The second kappa shape index (κ2) is 7.14. The number of nitrogens with zero attached hydrogens (tertiary/aromatic N) is 1. The van der Waals surface area contributed by atoms with E-state index in [1.54, 1.807) is 11.3 Å². The summed E-state index contributed by atoms with van der Waals surface area (Å²) in [6, 6.07) is 4.46. The summed E-state index contributed by atoms with van der Waals surface area (Å²) in [6.45, 7) is 4.34. The molecule has 2 aliphatic rings. The van der Waals surface area contributed by atoms with Crippen LogP contribution < -0.4 is 5.32 Å². The number of nitrogens with one attached hydrogen (secondary N) is 1. The van der Waals surface area contributed by atoms with Crippen LogP contribution in [0.2, 0.25) is 0 Å². The number of carbonyl (C=O) groups is 1. The summed E-state index contributed by atoms with van der Waals surface area (Å²) in [4.78, 5) is 16.9. The molecule has 0 spiro atoms. The molecule has 0 radical (unpaired) electrons. The van der Waals surface area contributed by atoms with E-state index >= 15 is 0 Å². The predicted molar refractivity (Wildman–Crippen MR) is 92.3 cm³/mol. The number of rotatable bonds is 5. The van der Waals surface area contributed by atoms with E-state index in [1.165, 1.54) is 37.0 Å². The summed E-state index contributed by atoms with van der Waals surface area (Å²) in [5.41, 5.74) is -0.210. The number of carbonyl (C=O) groups excluding carboxylic acids is 1. The van der Waals surface area contributed by atoms with Crippen LogP contribution in [0.1, 0.15) is 56.7 Å². The molecule has 1 aromatic heterocycles. The van der Waals surface area contributed by atoms with Crippen LogP contribution in [0.4, 0.5) is 0 Å². The van der Waals surface area contributed by atoms with Crippen molar-refractivity contribution in [2.24, 2.45) is 0 Å².